The molecule has 4 heteroatoms. The Bertz CT molecular complexity index is 684. The van der Waals surface area contributed by atoms with Gasteiger partial charge >= 0.3 is 0 Å². The number of aromatic nitrogens is 3. The molecular formula is C13H14N4. The van der Waals surface area contributed by atoms with Crippen LogP contribution >= 0.6 is 0 Å². The van der Waals surface area contributed by atoms with Crippen LogP contribution < -0.4 is 5.73 Å². The van der Waals surface area contributed by atoms with Crippen molar-refractivity contribution in [2.45, 2.75) is 13.3 Å². The van der Waals surface area contributed by atoms with Gasteiger partial charge in [0.15, 0.2) is 5.65 Å². The molecule has 3 aromatic rings. The van der Waals surface area contributed by atoms with E-state index in [0.29, 0.717) is 6.54 Å². The van der Waals surface area contributed by atoms with Crippen molar-refractivity contribution in [2.24, 2.45) is 5.73 Å². The number of pyridine rings is 1. The minimum atomic E-state index is 0.586. The van der Waals surface area contributed by atoms with E-state index >= 15 is 0 Å². The smallest absolute Gasteiger partial charge is 0.161 e. The van der Waals surface area contributed by atoms with Crippen molar-refractivity contribution >= 4 is 16.6 Å². The molecule has 4 nitrogen and oxygen atoms in total. The van der Waals surface area contributed by atoms with Gasteiger partial charge in [0.25, 0.3) is 0 Å². The molecule has 0 aliphatic rings. The van der Waals surface area contributed by atoms with Crippen LogP contribution in [0.15, 0.2) is 30.3 Å². The average molecular weight is 226 g/mol. The predicted molar refractivity (Wildman–Crippen MR) is 68.0 cm³/mol. The first kappa shape index (κ1) is 10.2. The number of hydrogen-bond acceptors (Lipinski definition) is 3. The molecule has 0 amide bonds. The fraction of sp³-hybridized carbons (Fsp3) is 0.231. The van der Waals surface area contributed by atoms with E-state index < -0.39 is 0 Å². The van der Waals surface area contributed by atoms with Crippen LogP contribution in [-0.2, 0) is 6.42 Å². The van der Waals surface area contributed by atoms with Crippen LogP contribution in [0.25, 0.3) is 16.6 Å². The molecule has 0 saturated carbocycles. The molecule has 0 unspecified atom stereocenters. The average Bonchev–Trinajstić information content (AvgIpc) is 2.73. The summed E-state index contributed by atoms with van der Waals surface area (Å²) in [7, 11) is 0. The van der Waals surface area contributed by atoms with E-state index in [-0.39, 0.29) is 0 Å². The third-order valence-electron chi connectivity index (χ3n) is 2.96. The second-order valence-electron chi connectivity index (χ2n) is 4.24. The number of nitrogens with two attached hydrogens (primary N) is 1. The summed E-state index contributed by atoms with van der Waals surface area (Å²) in [6, 6.07) is 10.5. The molecule has 0 saturated heterocycles. The topological polar surface area (TPSA) is 56.2 Å². The Kier molecular flexibility index (Phi) is 2.30. The predicted octanol–water partition coefficient (Wildman–Crippen LogP) is 1.69. The van der Waals surface area contributed by atoms with Gasteiger partial charge in [0.1, 0.15) is 5.82 Å². The number of nitrogens with zero attached hydrogens (tertiary/aromatic N) is 3. The highest BCUT2D eigenvalue weighted by atomic mass is 15.2. The molecule has 17 heavy (non-hydrogen) atoms. The largest absolute Gasteiger partial charge is 0.330 e. The first-order valence-corrected chi connectivity index (χ1v) is 5.73. The van der Waals surface area contributed by atoms with Crippen LogP contribution in [0.2, 0.25) is 0 Å². The lowest BCUT2D eigenvalue weighted by Crippen LogP contribution is -2.06. The number of fused-ring (bicyclic) bond motifs is 3. The molecule has 0 fully saturated rings. The van der Waals surface area contributed by atoms with Gasteiger partial charge in [-0.3, -0.25) is 4.40 Å². The summed E-state index contributed by atoms with van der Waals surface area (Å²) in [5.74, 6) is 0.928. The monoisotopic (exact) mass is 226 g/mol. The van der Waals surface area contributed by atoms with Crippen LogP contribution in [0.5, 0.6) is 0 Å². The standard InChI is InChI=1S/C13H14N4/c1-9-2-4-11-10(8-9)3-5-12-15-16-13(6-7-14)17(11)12/h2-5,8H,6-7,14H2,1H3. The number of benzene rings is 1. The zero-order valence-corrected chi connectivity index (χ0v) is 9.72. The molecule has 2 heterocycles. The van der Waals surface area contributed by atoms with E-state index in [4.69, 9.17) is 5.73 Å². The van der Waals surface area contributed by atoms with Gasteiger partial charge in [-0.15, -0.1) is 10.2 Å². The van der Waals surface area contributed by atoms with E-state index in [1.54, 1.807) is 0 Å². The normalized spacial score (nSPS) is 11.4. The quantitative estimate of drug-likeness (QED) is 0.723. The van der Waals surface area contributed by atoms with E-state index in [9.17, 15) is 0 Å². The van der Waals surface area contributed by atoms with Crippen LogP contribution in [-0.4, -0.2) is 21.1 Å². The molecule has 0 bridgehead atoms. The van der Waals surface area contributed by atoms with Gasteiger partial charge in [0, 0.05) is 6.42 Å². The Hall–Kier alpha value is -1.94. The van der Waals surface area contributed by atoms with Gasteiger partial charge in [-0.05, 0) is 43.1 Å². The maximum Gasteiger partial charge on any atom is 0.161 e. The van der Waals surface area contributed by atoms with Crippen LogP contribution in [0.3, 0.4) is 0 Å². The number of aryl methyl sites for hydroxylation is 1. The fourth-order valence-electron chi connectivity index (χ4n) is 2.17. The molecule has 3 rings (SSSR count). The zero-order valence-electron chi connectivity index (χ0n) is 9.72. The third-order valence-corrected chi connectivity index (χ3v) is 2.96. The number of hydrogen-bond donors (Lipinski definition) is 1. The van der Waals surface area contributed by atoms with E-state index in [1.165, 1.54) is 10.9 Å². The summed E-state index contributed by atoms with van der Waals surface area (Å²) in [6.45, 7) is 2.68. The summed E-state index contributed by atoms with van der Waals surface area (Å²) >= 11 is 0. The van der Waals surface area contributed by atoms with Gasteiger partial charge < -0.3 is 5.73 Å². The van der Waals surface area contributed by atoms with Crippen molar-refractivity contribution < 1.29 is 0 Å². The maximum atomic E-state index is 5.60. The summed E-state index contributed by atoms with van der Waals surface area (Å²) < 4.78 is 2.08. The molecule has 0 aliphatic carbocycles. The highest BCUT2D eigenvalue weighted by Gasteiger charge is 2.07. The first-order valence-electron chi connectivity index (χ1n) is 5.73. The summed E-state index contributed by atoms with van der Waals surface area (Å²) in [5.41, 5.74) is 8.87. The molecule has 86 valence electrons. The molecule has 1 aromatic carbocycles. The highest BCUT2D eigenvalue weighted by Crippen LogP contribution is 2.19. The van der Waals surface area contributed by atoms with Gasteiger partial charge in [-0.25, -0.2) is 0 Å². The van der Waals surface area contributed by atoms with Gasteiger partial charge in [0.05, 0.1) is 5.52 Å². The highest BCUT2D eigenvalue weighted by molar-refractivity contribution is 5.82. The van der Waals surface area contributed by atoms with Crippen molar-refractivity contribution in [1.82, 2.24) is 14.6 Å². The minimum absolute atomic E-state index is 0.586. The molecule has 0 aliphatic heterocycles. The lowest BCUT2D eigenvalue weighted by molar-refractivity contribution is 0.857. The van der Waals surface area contributed by atoms with E-state index in [2.05, 4.69) is 45.8 Å². The zero-order chi connectivity index (χ0) is 11.8. The SMILES string of the molecule is Cc1ccc2c(ccc3nnc(CCN)n32)c1. The van der Waals surface area contributed by atoms with E-state index in [1.807, 2.05) is 6.07 Å². The van der Waals surface area contributed by atoms with Crippen molar-refractivity contribution in [3.63, 3.8) is 0 Å². The van der Waals surface area contributed by atoms with Gasteiger partial charge in [-0.2, -0.15) is 0 Å². The Morgan fingerprint density at radius 2 is 2.06 bits per heavy atom. The van der Waals surface area contributed by atoms with Crippen LogP contribution in [0.1, 0.15) is 11.4 Å². The maximum absolute atomic E-state index is 5.60. The Morgan fingerprint density at radius 1 is 1.18 bits per heavy atom. The summed E-state index contributed by atoms with van der Waals surface area (Å²) in [6.07, 6.45) is 0.744. The van der Waals surface area contributed by atoms with E-state index in [0.717, 1.165) is 23.4 Å². The number of rotatable bonds is 2. The fourth-order valence-corrected chi connectivity index (χ4v) is 2.17. The molecule has 2 N–H and O–H groups in total. The second kappa shape index (κ2) is 3.82. The molecule has 2 aromatic heterocycles. The minimum Gasteiger partial charge on any atom is -0.330 e. The van der Waals surface area contributed by atoms with Crippen molar-refractivity contribution in [3.05, 3.63) is 41.7 Å². The van der Waals surface area contributed by atoms with Crippen LogP contribution in [0, 0.1) is 6.92 Å². The third kappa shape index (κ3) is 1.57. The second-order valence-corrected chi connectivity index (χ2v) is 4.24. The first-order chi connectivity index (χ1) is 8.29. The van der Waals surface area contributed by atoms with Gasteiger partial charge in [0.2, 0.25) is 0 Å². The Balaban J connectivity index is 2.40. The lowest BCUT2D eigenvalue weighted by atomic mass is 10.1. The lowest BCUT2D eigenvalue weighted by Gasteiger charge is -2.05. The Morgan fingerprint density at radius 3 is 2.88 bits per heavy atom. The molecular weight excluding hydrogens is 212 g/mol. The van der Waals surface area contributed by atoms with Crippen molar-refractivity contribution in [1.29, 1.82) is 0 Å². The van der Waals surface area contributed by atoms with Crippen molar-refractivity contribution in [3.8, 4) is 0 Å². The van der Waals surface area contributed by atoms with Gasteiger partial charge in [-0.1, -0.05) is 11.6 Å². The summed E-state index contributed by atoms with van der Waals surface area (Å²) in [5, 5.41) is 9.56. The Labute approximate surface area is 99.1 Å². The van der Waals surface area contributed by atoms with Crippen LogP contribution in [0.4, 0.5) is 0 Å². The molecule has 0 atom stereocenters. The summed E-state index contributed by atoms with van der Waals surface area (Å²) in [4.78, 5) is 0. The molecule has 0 spiro atoms. The van der Waals surface area contributed by atoms with Crippen molar-refractivity contribution in [2.75, 3.05) is 6.54 Å². The molecule has 0 radical (unpaired) electrons.